The van der Waals surface area contributed by atoms with E-state index in [1.165, 1.54) is 19.3 Å². The minimum Gasteiger partial charge on any atom is -0.327 e. The molecule has 4 rings (SSSR count). The molecular formula is C15H18N6. The average Bonchev–Trinajstić information content (AvgIpc) is 2.65. The van der Waals surface area contributed by atoms with Gasteiger partial charge in [-0.3, -0.25) is 4.90 Å². The quantitative estimate of drug-likeness (QED) is 0.481. The Labute approximate surface area is 123 Å². The fourth-order valence-electron chi connectivity index (χ4n) is 3.42. The molecule has 0 unspecified atom stereocenters. The van der Waals surface area contributed by atoms with Crippen LogP contribution in [0.3, 0.4) is 0 Å². The maximum absolute atomic E-state index is 8.58. The van der Waals surface area contributed by atoms with E-state index >= 15 is 0 Å². The van der Waals surface area contributed by atoms with Crippen LogP contribution in [0.25, 0.3) is 21.5 Å². The molecule has 1 aromatic carbocycles. The first-order valence-electron chi connectivity index (χ1n) is 7.63. The number of aromatic nitrogens is 2. The highest BCUT2D eigenvalue weighted by Gasteiger charge is 2.27. The Bertz CT molecular complexity index is 723. The lowest BCUT2D eigenvalue weighted by atomic mass is 9.91. The molecule has 0 N–H and O–H groups in total. The van der Waals surface area contributed by atoms with Gasteiger partial charge in [0.15, 0.2) is 0 Å². The first kappa shape index (κ1) is 12.7. The molecule has 0 saturated heterocycles. The molecule has 0 amide bonds. The molecule has 0 radical (unpaired) electrons. The molecule has 0 spiro atoms. The van der Waals surface area contributed by atoms with Gasteiger partial charge in [0.2, 0.25) is 0 Å². The molecule has 6 heteroatoms. The SMILES string of the molecule is [N-]=[N+]=Nc1ccc2nc3n(c2c1)CCN(C1CCC1)CC3. The molecule has 21 heavy (non-hydrogen) atoms. The van der Waals surface area contributed by atoms with Crippen LogP contribution in [0.15, 0.2) is 23.3 Å². The third-order valence-electron chi connectivity index (χ3n) is 4.80. The van der Waals surface area contributed by atoms with Crippen molar-refractivity contribution in [2.45, 2.75) is 38.3 Å². The van der Waals surface area contributed by atoms with E-state index in [9.17, 15) is 0 Å². The molecule has 2 aliphatic rings. The Morgan fingerprint density at radius 1 is 1.24 bits per heavy atom. The van der Waals surface area contributed by atoms with Crippen molar-refractivity contribution in [3.8, 4) is 0 Å². The summed E-state index contributed by atoms with van der Waals surface area (Å²) < 4.78 is 2.30. The predicted octanol–water partition coefficient (Wildman–Crippen LogP) is 3.39. The first-order chi connectivity index (χ1) is 10.3. The van der Waals surface area contributed by atoms with Gasteiger partial charge < -0.3 is 4.57 Å². The fraction of sp³-hybridized carbons (Fsp3) is 0.533. The summed E-state index contributed by atoms with van der Waals surface area (Å²) in [7, 11) is 0. The van der Waals surface area contributed by atoms with Gasteiger partial charge in [-0.1, -0.05) is 17.6 Å². The number of rotatable bonds is 2. The highest BCUT2D eigenvalue weighted by Crippen LogP contribution is 2.28. The molecule has 108 valence electrons. The van der Waals surface area contributed by atoms with Crippen LogP contribution in [0, 0.1) is 0 Å². The summed E-state index contributed by atoms with van der Waals surface area (Å²) in [5.74, 6) is 1.16. The number of fused-ring (bicyclic) bond motifs is 3. The van der Waals surface area contributed by atoms with E-state index in [1.54, 1.807) is 0 Å². The van der Waals surface area contributed by atoms with Crippen LogP contribution in [-0.2, 0) is 13.0 Å². The molecule has 1 saturated carbocycles. The van der Waals surface area contributed by atoms with Gasteiger partial charge in [-0.15, -0.1) is 0 Å². The molecule has 2 aromatic rings. The van der Waals surface area contributed by atoms with E-state index < -0.39 is 0 Å². The Hall–Kier alpha value is -2.04. The van der Waals surface area contributed by atoms with E-state index in [4.69, 9.17) is 10.5 Å². The zero-order valence-corrected chi connectivity index (χ0v) is 11.9. The monoisotopic (exact) mass is 282 g/mol. The number of imidazole rings is 1. The van der Waals surface area contributed by atoms with Gasteiger partial charge in [0, 0.05) is 42.7 Å². The zero-order valence-electron chi connectivity index (χ0n) is 11.9. The normalized spacial score (nSPS) is 19.6. The highest BCUT2D eigenvalue weighted by atomic mass is 15.2. The van der Waals surface area contributed by atoms with Gasteiger partial charge in [0.1, 0.15) is 5.82 Å². The van der Waals surface area contributed by atoms with Crippen molar-refractivity contribution in [3.05, 3.63) is 34.5 Å². The van der Waals surface area contributed by atoms with Crippen LogP contribution in [0.2, 0.25) is 0 Å². The third kappa shape index (κ3) is 2.17. The molecule has 2 heterocycles. The lowest BCUT2D eigenvalue weighted by Gasteiger charge is -2.36. The summed E-state index contributed by atoms with van der Waals surface area (Å²) in [5, 5.41) is 3.70. The largest absolute Gasteiger partial charge is 0.327 e. The van der Waals surface area contributed by atoms with Gasteiger partial charge in [0.05, 0.1) is 11.0 Å². The van der Waals surface area contributed by atoms with Crippen LogP contribution in [0.4, 0.5) is 5.69 Å². The predicted molar refractivity (Wildman–Crippen MR) is 81.5 cm³/mol. The van der Waals surface area contributed by atoms with E-state index in [0.717, 1.165) is 49.0 Å². The van der Waals surface area contributed by atoms with Gasteiger partial charge in [-0.25, -0.2) is 4.98 Å². The second-order valence-electron chi connectivity index (χ2n) is 5.91. The van der Waals surface area contributed by atoms with Gasteiger partial charge >= 0.3 is 0 Å². The van der Waals surface area contributed by atoms with Crippen LogP contribution >= 0.6 is 0 Å². The topological polar surface area (TPSA) is 69.8 Å². The average molecular weight is 282 g/mol. The Kier molecular flexibility index (Phi) is 3.05. The number of hydrogen-bond acceptors (Lipinski definition) is 3. The first-order valence-corrected chi connectivity index (χ1v) is 7.63. The van der Waals surface area contributed by atoms with Crippen LogP contribution in [0.5, 0.6) is 0 Å². The van der Waals surface area contributed by atoms with Crippen LogP contribution < -0.4 is 0 Å². The summed E-state index contributed by atoms with van der Waals surface area (Å²) in [4.78, 5) is 10.2. The van der Waals surface area contributed by atoms with Crippen molar-refractivity contribution >= 4 is 16.7 Å². The fourth-order valence-corrected chi connectivity index (χ4v) is 3.42. The van der Waals surface area contributed by atoms with Crippen molar-refractivity contribution in [2.75, 3.05) is 13.1 Å². The highest BCUT2D eigenvalue weighted by molar-refractivity contribution is 5.79. The van der Waals surface area contributed by atoms with Crippen LogP contribution in [0.1, 0.15) is 25.1 Å². The summed E-state index contributed by atoms with van der Waals surface area (Å²) in [5.41, 5.74) is 11.3. The second kappa shape index (κ2) is 5.06. The third-order valence-corrected chi connectivity index (χ3v) is 4.80. The summed E-state index contributed by atoms with van der Waals surface area (Å²) in [6.45, 7) is 3.17. The van der Waals surface area contributed by atoms with Crippen molar-refractivity contribution in [1.82, 2.24) is 14.5 Å². The molecule has 6 nitrogen and oxygen atoms in total. The molecule has 1 aliphatic heterocycles. The molecule has 1 aromatic heterocycles. The number of nitrogens with zero attached hydrogens (tertiary/aromatic N) is 6. The summed E-state index contributed by atoms with van der Waals surface area (Å²) >= 11 is 0. The molecule has 1 aliphatic carbocycles. The number of azide groups is 1. The Morgan fingerprint density at radius 2 is 2.14 bits per heavy atom. The van der Waals surface area contributed by atoms with Gasteiger partial charge in [-0.05, 0) is 30.5 Å². The van der Waals surface area contributed by atoms with Crippen molar-refractivity contribution in [3.63, 3.8) is 0 Å². The smallest absolute Gasteiger partial charge is 0.111 e. The van der Waals surface area contributed by atoms with E-state index in [0.29, 0.717) is 5.69 Å². The summed E-state index contributed by atoms with van der Waals surface area (Å²) in [6, 6.07) is 6.52. The number of benzene rings is 1. The summed E-state index contributed by atoms with van der Waals surface area (Å²) in [6.07, 6.45) is 5.08. The van der Waals surface area contributed by atoms with Crippen molar-refractivity contribution in [1.29, 1.82) is 0 Å². The van der Waals surface area contributed by atoms with Crippen LogP contribution in [-0.4, -0.2) is 33.6 Å². The van der Waals surface area contributed by atoms with E-state index in [2.05, 4.69) is 19.5 Å². The van der Waals surface area contributed by atoms with Gasteiger partial charge in [0.25, 0.3) is 0 Å². The molecular weight excluding hydrogens is 264 g/mol. The Balaban J connectivity index is 1.68. The molecule has 1 fully saturated rings. The standard InChI is InChI=1S/C15H18N6/c16-19-18-11-4-5-13-14(10-11)21-9-8-20(12-2-1-3-12)7-6-15(21)17-13/h4-5,10,12H,1-3,6-9H2. The maximum atomic E-state index is 8.58. The van der Waals surface area contributed by atoms with Crippen molar-refractivity contribution < 1.29 is 0 Å². The minimum atomic E-state index is 0.660. The lowest BCUT2D eigenvalue weighted by Crippen LogP contribution is -2.41. The van der Waals surface area contributed by atoms with Crippen molar-refractivity contribution in [2.24, 2.45) is 5.11 Å². The van der Waals surface area contributed by atoms with E-state index in [-0.39, 0.29) is 0 Å². The minimum absolute atomic E-state index is 0.660. The zero-order chi connectivity index (χ0) is 14.2. The second-order valence-corrected chi connectivity index (χ2v) is 5.91. The maximum Gasteiger partial charge on any atom is 0.111 e. The Morgan fingerprint density at radius 3 is 2.90 bits per heavy atom. The molecule has 0 atom stereocenters. The van der Waals surface area contributed by atoms with Gasteiger partial charge in [-0.2, -0.15) is 0 Å². The molecule has 0 bridgehead atoms. The lowest BCUT2D eigenvalue weighted by molar-refractivity contribution is 0.130. The van der Waals surface area contributed by atoms with E-state index in [1.807, 2.05) is 18.2 Å². The number of hydrogen-bond donors (Lipinski definition) is 0.